The topological polar surface area (TPSA) is 66.9 Å². The van der Waals surface area contributed by atoms with Crippen LogP contribution in [0, 0.1) is 11.7 Å². The molecule has 2 saturated heterocycles. The lowest BCUT2D eigenvalue weighted by Crippen LogP contribution is -2.54. The number of rotatable bonds is 5. The van der Waals surface area contributed by atoms with Crippen molar-refractivity contribution in [3.05, 3.63) is 34.6 Å². The summed E-state index contributed by atoms with van der Waals surface area (Å²) in [5.41, 5.74) is 0.715. The van der Waals surface area contributed by atoms with Crippen LogP contribution in [0.25, 0.3) is 0 Å². The number of hydrogen-bond donors (Lipinski definition) is 0. The second-order valence-electron chi connectivity index (χ2n) is 5.97. The van der Waals surface area contributed by atoms with E-state index in [1.165, 1.54) is 12.1 Å². The Morgan fingerprint density at radius 2 is 2.08 bits per heavy atom. The van der Waals surface area contributed by atoms with Crippen molar-refractivity contribution in [2.75, 3.05) is 26.2 Å². The SMILES string of the molecule is O=C(CCc1ccc(Cl)c(F)c1)N1CC(CN2C(=O)COC2=O)C1. The number of likely N-dealkylation sites (tertiary alicyclic amines) is 1. The van der Waals surface area contributed by atoms with Gasteiger partial charge in [-0.15, -0.1) is 0 Å². The summed E-state index contributed by atoms with van der Waals surface area (Å²) in [5.74, 6) is -0.782. The van der Waals surface area contributed by atoms with Gasteiger partial charge in [0.2, 0.25) is 5.91 Å². The third-order valence-corrected chi connectivity index (χ3v) is 4.51. The molecule has 0 bridgehead atoms. The molecule has 3 rings (SSSR count). The minimum absolute atomic E-state index is 0.0306. The first-order valence-corrected chi connectivity index (χ1v) is 8.00. The summed E-state index contributed by atoms with van der Waals surface area (Å²) >= 11 is 5.62. The molecule has 8 heteroatoms. The van der Waals surface area contributed by atoms with Gasteiger partial charge in [-0.25, -0.2) is 14.1 Å². The predicted molar refractivity (Wildman–Crippen MR) is 82.9 cm³/mol. The second-order valence-corrected chi connectivity index (χ2v) is 6.38. The highest BCUT2D eigenvalue weighted by Crippen LogP contribution is 2.21. The number of cyclic esters (lactones) is 1. The van der Waals surface area contributed by atoms with Crippen molar-refractivity contribution in [2.45, 2.75) is 12.8 Å². The zero-order valence-corrected chi connectivity index (χ0v) is 13.6. The number of carbonyl (C=O) groups excluding carboxylic acids is 3. The largest absolute Gasteiger partial charge is 0.439 e. The molecule has 6 nitrogen and oxygen atoms in total. The summed E-state index contributed by atoms with van der Waals surface area (Å²) in [7, 11) is 0. The Balaban J connectivity index is 1.42. The van der Waals surface area contributed by atoms with Crippen LogP contribution in [0.1, 0.15) is 12.0 Å². The Morgan fingerprint density at radius 3 is 2.71 bits per heavy atom. The van der Waals surface area contributed by atoms with E-state index in [4.69, 9.17) is 11.6 Å². The average Bonchev–Trinajstić information content (AvgIpc) is 2.82. The molecule has 2 aliphatic rings. The van der Waals surface area contributed by atoms with Gasteiger partial charge in [-0.05, 0) is 24.1 Å². The number of benzene rings is 1. The molecular weight excluding hydrogens is 339 g/mol. The van der Waals surface area contributed by atoms with E-state index in [9.17, 15) is 18.8 Å². The molecule has 1 aromatic carbocycles. The molecule has 0 radical (unpaired) electrons. The number of aryl methyl sites for hydroxylation is 1. The van der Waals surface area contributed by atoms with E-state index in [-0.39, 0.29) is 42.3 Å². The first-order valence-electron chi connectivity index (χ1n) is 7.63. The summed E-state index contributed by atoms with van der Waals surface area (Å²) in [4.78, 5) is 37.6. The molecule has 2 fully saturated rings. The van der Waals surface area contributed by atoms with Crippen LogP contribution >= 0.6 is 11.6 Å². The van der Waals surface area contributed by atoms with Crippen molar-refractivity contribution in [3.8, 4) is 0 Å². The lowest BCUT2D eigenvalue weighted by atomic mass is 9.98. The van der Waals surface area contributed by atoms with Gasteiger partial charge in [0.1, 0.15) is 5.82 Å². The summed E-state index contributed by atoms with van der Waals surface area (Å²) in [6, 6.07) is 4.50. The minimum Gasteiger partial charge on any atom is -0.439 e. The summed E-state index contributed by atoms with van der Waals surface area (Å²) in [5, 5.41) is 0.0608. The molecule has 128 valence electrons. The van der Waals surface area contributed by atoms with Crippen LogP contribution < -0.4 is 0 Å². The van der Waals surface area contributed by atoms with Gasteiger partial charge in [0.15, 0.2) is 6.61 Å². The molecule has 2 aliphatic heterocycles. The Morgan fingerprint density at radius 1 is 1.33 bits per heavy atom. The third kappa shape index (κ3) is 3.51. The van der Waals surface area contributed by atoms with Crippen molar-refractivity contribution < 1.29 is 23.5 Å². The summed E-state index contributed by atoms with van der Waals surface area (Å²) < 4.78 is 18.0. The minimum atomic E-state index is -0.616. The molecule has 3 amide bonds. The van der Waals surface area contributed by atoms with Crippen LogP contribution in [-0.2, 0) is 20.7 Å². The molecule has 0 aromatic heterocycles. The number of imide groups is 1. The molecule has 1 aromatic rings. The zero-order chi connectivity index (χ0) is 17.3. The number of halogens is 2. The molecule has 0 unspecified atom stereocenters. The van der Waals surface area contributed by atoms with E-state index in [0.717, 1.165) is 4.90 Å². The van der Waals surface area contributed by atoms with E-state index in [1.807, 2.05) is 0 Å². The van der Waals surface area contributed by atoms with E-state index in [0.29, 0.717) is 25.1 Å². The maximum absolute atomic E-state index is 13.4. The smallest absolute Gasteiger partial charge is 0.417 e. The van der Waals surface area contributed by atoms with Crippen molar-refractivity contribution >= 4 is 29.5 Å². The predicted octanol–water partition coefficient (Wildman–Crippen LogP) is 1.85. The van der Waals surface area contributed by atoms with Crippen LogP contribution in [-0.4, -0.2) is 53.9 Å². The maximum Gasteiger partial charge on any atom is 0.417 e. The molecule has 2 heterocycles. The van der Waals surface area contributed by atoms with Crippen molar-refractivity contribution in [2.24, 2.45) is 5.92 Å². The van der Waals surface area contributed by atoms with Crippen LogP contribution in [0.2, 0.25) is 5.02 Å². The zero-order valence-electron chi connectivity index (χ0n) is 12.8. The molecule has 0 saturated carbocycles. The lowest BCUT2D eigenvalue weighted by Gasteiger charge is -2.40. The fourth-order valence-electron chi connectivity index (χ4n) is 2.81. The fourth-order valence-corrected chi connectivity index (χ4v) is 2.93. The Labute approximate surface area is 143 Å². The van der Waals surface area contributed by atoms with Gasteiger partial charge in [0.25, 0.3) is 5.91 Å². The highest BCUT2D eigenvalue weighted by Gasteiger charge is 2.38. The molecule has 0 spiro atoms. The van der Waals surface area contributed by atoms with E-state index < -0.39 is 11.9 Å². The van der Waals surface area contributed by atoms with Crippen LogP contribution in [0.4, 0.5) is 9.18 Å². The molecule has 0 atom stereocenters. The number of ether oxygens (including phenoxy) is 1. The fraction of sp³-hybridized carbons (Fsp3) is 0.438. The Hall–Kier alpha value is -2.15. The normalized spacial score (nSPS) is 17.9. The highest BCUT2D eigenvalue weighted by atomic mass is 35.5. The van der Waals surface area contributed by atoms with E-state index in [1.54, 1.807) is 11.0 Å². The second kappa shape index (κ2) is 6.76. The first-order chi connectivity index (χ1) is 11.4. The van der Waals surface area contributed by atoms with Crippen LogP contribution in [0.5, 0.6) is 0 Å². The Bertz CT molecular complexity index is 675. The standard InChI is InChI=1S/C16H16ClFN2O4/c17-12-3-1-10(5-13(12)18)2-4-14(21)19-6-11(7-19)8-20-15(22)9-24-16(20)23/h1,3,5,11H,2,4,6-9H2. The van der Waals surface area contributed by atoms with Crippen LogP contribution in [0.15, 0.2) is 18.2 Å². The maximum atomic E-state index is 13.4. The van der Waals surface area contributed by atoms with E-state index in [2.05, 4.69) is 4.74 Å². The van der Waals surface area contributed by atoms with Gasteiger partial charge >= 0.3 is 6.09 Å². The van der Waals surface area contributed by atoms with Gasteiger partial charge in [-0.1, -0.05) is 17.7 Å². The Kier molecular flexibility index (Phi) is 4.71. The van der Waals surface area contributed by atoms with Crippen molar-refractivity contribution in [1.82, 2.24) is 9.80 Å². The summed E-state index contributed by atoms with van der Waals surface area (Å²) in [6.07, 6.45) is 0.0956. The number of amides is 3. The first kappa shape index (κ1) is 16.7. The molecular formula is C16H16ClFN2O4. The van der Waals surface area contributed by atoms with Gasteiger partial charge in [-0.3, -0.25) is 9.59 Å². The quantitative estimate of drug-likeness (QED) is 0.809. The molecule has 0 N–H and O–H groups in total. The molecule has 24 heavy (non-hydrogen) atoms. The average molecular weight is 355 g/mol. The van der Waals surface area contributed by atoms with Crippen molar-refractivity contribution in [3.63, 3.8) is 0 Å². The van der Waals surface area contributed by atoms with Gasteiger partial charge < -0.3 is 9.64 Å². The third-order valence-electron chi connectivity index (χ3n) is 4.20. The van der Waals surface area contributed by atoms with Crippen LogP contribution in [0.3, 0.4) is 0 Å². The van der Waals surface area contributed by atoms with Crippen molar-refractivity contribution in [1.29, 1.82) is 0 Å². The highest BCUT2D eigenvalue weighted by molar-refractivity contribution is 6.30. The van der Waals surface area contributed by atoms with Gasteiger partial charge in [0, 0.05) is 32.0 Å². The lowest BCUT2D eigenvalue weighted by molar-refractivity contribution is -0.138. The summed E-state index contributed by atoms with van der Waals surface area (Å²) in [6.45, 7) is 1.09. The van der Waals surface area contributed by atoms with Gasteiger partial charge in [0.05, 0.1) is 5.02 Å². The number of hydrogen-bond acceptors (Lipinski definition) is 4. The number of carbonyl (C=O) groups is 3. The number of nitrogens with zero attached hydrogens (tertiary/aromatic N) is 2. The van der Waals surface area contributed by atoms with Gasteiger partial charge in [-0.2, -0.15) is 0 Å². The molecule has 0 aliphatic carbocycles. The monoisotopic (exact) mass is 354 g/mol. The van der Waals surface area contributed by atoms with E-state index >= 15 is 0 Å².